The van der Waals surface area contributed by atoms with Crippen LogP contribution in [0.5, 0.6) is 0 Å². The van der Waals surface area contributed by atoms with Gasteiger partial charge in [-0.05, 0) is 19.1 Å². The largest absolute Gasteiger partial charge is 0.392 e. The topological polar surface area (TPSA) is 95.1 Å². The van der Waals surface area contributed by atoms with Crippen LogP contribution >= 0.6 is 11.3 Å². The summed E-state index contributed by atoms with van der Waals surface area (Å²) in [5.74, 6) is 0. The number of H-pyrrole nitrogens is 1. The predicted molar refractivity (Wildman–Crippen MR) is 67.6 cm³/mol. The van der Waals surface area contributed by atoms with E-state index in [1.54, 1.807) is 0 Å². The highest BCUT2D eigenvalue weighted by molar-refractivity contribution is 7.89. The minimum Gasteiger partial charge on any atom is -0.392 e. The van der Waals surface area contributed by atoms with Crippen molar-refractivity contribution < 1.29 is 13.5 Å². The van der Waals surface area contributed by atoms with Crippen molar-refractivity contribution in [1.82, 2.24) is 14.9 Å². The quantitative estimate of drug-likeness (QED) is 0.756. The summed E-state index contributed by atoms with van der Waals surface area (Å²) in [5.41, 5.74) is 0.255. The maximum atomic E-state index is 12.0. The Morgan fingerprint density at radius 2 is 2.28 bits per heavy atom. The van der Waals surface area contributed by atoms with Crippen LogP contribution in [-0.2, 0) is 23.2 Å². The van der Waals surface area contributed by atoms with E-state index in [1.165, 1.54) is 17.5 Å². The monoisotopic (exact) mass is 287 g/mol. The zero-order chi connectivity index (χ0) is 13.2. The second kappa shape index (κ2) is 5.19. The van der Waals surface area contributed by atoms with Crippen LogP contribution in [-0.4, -0.2) is 23.7 Å². The Morgan fingerprint density at radius 1 is 1.50 bits per heavy atom. The van der Waals surface area contributed by atoms with Crippen molar-refractivity contribution in [3.8, 4) is 0 Å². The van der Waals surface area contributed by atoms with Gasteiger partial charge < -0.3 is 5.11 Å². The van der Waals surface area contributed by atoms with E-state index in [2.05, 4.69) is 14.9 Å². The molecule has 18 heavy (non-hydrogen) atoms. The fourth-order valence-corrected chi connectivity index (χ4v) is 3.51. The van der Waals surface area contributed by atoms with Gasteiger partial charge in [0.25, 0.3) is 10.0 Å². The Morgan fingerprint density at radius 3 is 2.89 bits per heavy atom. The first-order chi connectivity index (χ1) is 8.53. The van der Waals surface area contributed by atoms with E-state index in [4.69, 9.17) is 5.11 Å². The molecule has 8 heteroatoms. The lowest BCUT2D eigenvalue weighted by Gasteiger charge is -2.04. The van der Waals surface area contributed by atoms with Crippen molar-refractivity contribution in [1.29, 1.82) is 0 Å². The van der Waals surface area contributed by atoms with Gasteiger partial charge in [-0.3, -0.25) is 5.10 Å². The van der Waals surface area contributed by atoms with Gasteiger partial charge in [0.05, 0.1) is 12.8 Å². The summed E-state index contributed by atoms with van der Waals surface area (Å²) in [5, 5.41) is 14.9. The number of aromatic nitrogens is 2. The number of rotatable bonds is 5. The van der Waals surface area contributed by atoms with E-state index >= 15 is 0 Å². The van der Waals surface area contributed by atoms with Crippen LogP contribution in [0.3, 0.4) is 0 Å². The summed E-state index contributed by atoms with van der Waals surface area (Å²) in [6.45, 7) is 1.82. The van der Waals surface area contributed by atoms with Crippen LogP contribution in [0.15, 0.2) is 23.4 Å². The lowest BCUT2D eigenvalue weighted by Crippen LogP contribution is -2.24. The third kappa shape index (κ3) is 2.78. The number of aliphatic hydroxyl groups is 1. The standard InChI is InChI=1S/C10H13N3O3S2/c1-7-2-3-9(17-7)5-12-18(15,16)10-8(6-14)4-11-13-10/h2-4,12,14H,5-6H2,1H3,(H,11,13). The molecule has 3 N–H and O–H groups in total. The zero-order valence-electron chi connectivity index (χ0n) is 9.67. The molecule has 0 atom stereocenters. The Hall–Kier alpha value is -1.22. The smallest absolute Gasteiger partial charge is 0.258 e. The number of aliphatic hydroxyl groups excluding tert-OH is 1. The predicted octanol–water partition coefficient (Wildman–Crippen LogP) is 0.750. The van der Waals surface area contributed by atoms with Gasteiger partial charge in [0, 0.05) is 21.9 Å². The molecule has 98 valence electrons. The molecule has 0 saturated carbocycles. The number of hydrogen-bond donors (Lipinski definition) is 3. The van der Waals surface area contributed by atoms with Gasteiger partial charge >= 0.3 is 0 Å². The number of aryl methyl sites for hydroxylation is 1. The van der Waals surface area contributed by atoms with Gasteiger partial charge in [-0.15, -0.1) is 11.3 Å². The number of hydrogen-bond acceptors (Lipinski definition) is 5. The summed E-state index contributed by atoms with van der Waals surface area (Å²) in [7, 11) is -3.67. The number of nitrogens with one attached hydrogen (secondary N) is 2. The molecule has 0 unspecified atom stereocenters. The Bertz CT molecular complexity index is 630. The molecule has 0 aliphatic carbocycles. The maximum absolute atomic E-state index is 12.0. The van der Waals surface area contributed by atoms with E-state index in [0.717, 1.165) is 9.75 Å². The highest BCUT2D eigenvalue weighted by Crippen LogP contribution is 2.16. The molecule has 2 rings (SSSR count). The number of nitrogens with zero attached hydrogens (tertiary/aromatic N) is 1. The van der Waals surface area contributed by atoms with Gasteiger partial charge in [-0.1, -0.05) is 0 Å². The van der Waals surface area contributed by atoms with Gasteiger partial charge in [0.2, 0.25) is 0 Å². The molecule has 0 radical (unpaired) electrons. The molecule has 0 aromatic carbocycles. The van der Waals surface area contributed by atoms with E-state index in [9.17, 15) is 8.42 Å². The summed E-state index contributed by atoms with van der Waals surface area (Å²) >= 11 is 1.53. The SMILES string of the molecule is Cc1ccc(CNS(=O)(=O)c2[nH]ncc2CO)s1. The van der Waals surface area contributed by atoms with Crippen molar-refractivity contribution in [2.45, 2.75) is 25.1 Å². The Balaban J connectivity index is 2.13. The highest BCUT2D eigenvalue weighted by atomic mass is 32.2. The van der Waals surface area contributed by atoms with Crippen molar-refractivity contribution in [2.24, 2.45) is 0 Å². The molecule has 0 saturated heterocycles. The van der Waals surface area contributed by atoms with Crippen molar-refractivity contribution in [2.75, 3.05) is 0 Å². The maximum Gasteiger partial charge on any atom is 0.258 e. The molecule has 0 fully saturated rings. The minimum absolute atomic E-state index is 0.0849. The van der Waals surface area contributed by atoms with Crippen molar-refractivity contribution in [3.05, 3.63) is 33.6 Å². The van der Waals surface area contributed by atoms with E-state index in [-0.39, 0.29) is 23.7 Å². The van der Waals surface area contributed by atoms with Crippen LogP contribution in [0.4, 0.5) is 0 Å². The van der Waals surface area contributed by atoms with Crippen LogP contribution < -0.4 is 4.72 Å². The number of aromatic amines is 1. The van der Waals surface area contributed by atoms with Crippen LogP contribution in [0.25, 0.3) is 0 Å². The first-order valence-electron chi connectivity index (χ1n) is 5.21. The normalized spacial score (nSPS) is 11.9. The lowest BCUT2D eigenvalue weighted by molar-refractivity contribution is 0.278. The molecule has 2 aromatic rings. The Kier molecular flexibility index (Phi) is 3.81. The molecule has 2 heterocycles. The third-order valence-electron chi connectivity index (χ3n) is 2.35. The fraction of sp³-hybridized carbons (Fsp3) is 0.300. The molecule has 0 aliphatic rings. The van der Waals surface area contributed by atoms with E-state index < -0.39 is 10.0 Å². The molecule has 0 spiro atoms. The average molecular weight is 287 g/mol. The van der Waals surface area contributed by atoms with E-state index in [1.807, 2.05) is 19.1 Å². The van der Waals surface area contributed by atoms with Gasteiger partial charge in [-0.25, -0.2) is 13.1 Å². The highest BCUT2D eigenvalue weighted by Gasteiger charge is 2.20. The molecule has 2 aromatic heterocycles. The first kappa shape index (κ1) is 13.2. The number of sulfonamides is 1. The van der Waals surface area contributed by atoms with Crippen LogP contribution in [0.1, 0.15) is 15.3 Å². The summed E-state index contributed by atoms with van der Waals surface area (Å²) < 4.78 is 26.4. The second-order valence-electron chi connectivity index (χ2n) is 3.72. The van der Waals surface area contributed by atoms with Gasteiger partial charge in [0.15, 0.2) is 5.03 Å². The zero-order valence-corrected chi connectivity index (χ0v) is 11.3. The average Bonchev–Trinajstić information content (AvgIpc) is 2.95. The van der Waals surface area contributed by atoms with Gasteiger partial charge in [0.1, 0.15) is 0 Å². The van der Waals surface area contributed by atoms with E-state index in [0.29, 0.717) is 0 Å². The van der Waals surface area contributed by atoms with Crippen molar-refractivity contribution >= 4 is 21.4 Å². The molecule has 0 aliphatic heterocycles. The summed E-state index contributed by atoms with van der Waals surface area (Å²) in [6, 6.07) is 3.81. The van der Waals surface area contributed by atoms with Gasteiger partial charge in [-0.2, -0.15) is 5.10 Å². The molecule has 6 nitrogen and oxygen atoms in total. The first-order valence-corrected chi connectivity index (χ1v) is 7.51. The molecular formula is C10H13N3O3S2. The Labute approximate surface area is 109 Å². The van der Waals surface area contributed by atoms with Crippen LogP contribution in [0.2, 0.25) is 0 Å². The minimum atomic E-state index is -3.67. The second-order valence-corrected chi connectivity index (χ2v) is 6.80. The molecule has 0 amide bonds. The number of thiophene rings is 1. The lowest BCUT2D eigenvalue weighted by atomic mass is 10.4. The third-order valence-corrected chi connectivity index (χ3v) is 4.77. The molecule has 0 bridgehead atoms. The summed E-state index contributed by atoms with van der Waals surface area (Å²) in [4.78, 5) is 2.06. The summed E-state index contributed by atoms with van der Waals surface area (Å²) in [6.07, 6.45) is 1.30. The van der Waals surface area contributed by atoms with Crippen LogP contribution in [0, 0.1) is 6.92 Å². The fourth-order valence-electron chi connectivity index (χ4n) is 1.46. The molecular weight excluding hydrogens is 274 g/mol. The van der Waals surface area contributed by atoms with Crippen molar-refractivity contribution in [3.63, 3.8) is 0 Å².